The van der Waals surface area contributed by atoms with Gasteiger partial charge in [0.05, 0.1) is 17.3 Å². The molecule has 0 radical (unpaired) electrons. The quantitative estimate of drug-likeness (QED) is 0.781. The molecule has 1 aliphatic heterocycles. The van der Waals surface area contributed by atoms with E-state index in [1.54, 1.807) is 0 Å². The highest BCUT2D eigenvalue weighted by Gasteiger charge is 2.33. The standard InChI is InChI=1S/C11H12BrClN2O/c1-11(2)10(16)14-9-6(5-13)7(12)3-4-8(9)15-11/h3-4,15H,5H2,1-2H3,(H,14,16). The van der Waals surface area contributed by atoms with Crippen LogP contribution in [0.2, 0.25) is 0 Å². The monoisotopic (exact) mass is 302 g/mol. The summed E-state index contributed by atoms with van der Waals surface area (Å²) in [6, 6.07) is 3.85. The minimum Gasteiger partial charge on any atom is -0.370 e. The first-order valence-electron chi connectivity index (χ1n) is 4.92. The first-order valence-corrected chi connectivity index (χ1v) is 6.25. The average Bonchev–Trinajstić information content (AvgIpc) is 2.21. The van der Waals surface area contributed by atoms with Gasteiger partial charge in [0, 0.05) is 10.0 Å². The Morgan fingerprint density at radius 2 is 2.12 bits per heavy atom. The number of halogens is 2. The van der Waals surface area contributed by atoms with Crippen molar-refractivity contribution in [2.75, 3.05) is 10.6 Å². The van der Waals surface area contributed by atoms with E-state index in [1.807, 2.05) is 26.0 Å². The summed E-state index contributed by atoms with van der Waals surface area (Å²) in [6.07, 6.45) is 0. The molecule has 2 rings (SSSR count). The Morgan fingerprint density at radius 3 is 2.75 bits per heavy atom. The number of alkyl halides is 1. The van der Waals surface area contributed by atoms with Crippen LogP contribution in [0, 0.1) is 0 Å². The predicted molar refractivity (Wildman–Crippen MR) is 70.0 cm³/mol. The summed E-state index contributed by atoms with van der Waals surface area (Å²) in [6.45, 7) is 3.68. The maximum Gasteiger partial charge on any atom is 0.249 e. The van der Waals surface area contributed by atoms with Crippen LogP contribution in [-0.2, 0) is 10.7 Å². The number of carbonyl (C=O) groups excluding carboxylic acids is 1. The molecule has 0 unspecified atom stereocenters. The van der Waals surface area contributed by atoms with Gasteiger partial charge >= 0.3 is 0 Å². The van der Waals surface area contributed by atoms with E-state index in [2.05, 4.69) is 26.6 Å². The fourth-order valence-electron chi connectivity index (χ4n) is 1.66. The molecule has 1 aromatic rings. The van der Waals surface area contributed by atoms with E-state index >= 15 is 0 Å². The lowest BCUT2D eigenvalue weighted by atomic mass is 9.98. The maximum atomic E-state index is 11.8. The molecule has 0 saturated carbocycles. The van der Waals surface area contributed by atoms with Crippen LogP contribution < -0.4 is 10.6 Å². The van der Waals surface area contributed by atoms with E-state index in [4.69, 9.17) is 11.6 Å². The molecule has 0 atom stereocenters. The summed E-state index contributed by atoms with van der Waals surface area (Å²) in [7, 11) is 0. The molecule has 0 aliphatic carbocycles. The Kier molecular flexibility index (Phi) is 2.88. The van der Waals surface area contributed by atoms with Crippen molar-refractivity contribution < 1.29 is 4.79 Å². The van der Waals surface area contributed by atoms with Crippen LogP contribution in [-0.4, -0.2) is 11.4 Å². The van der Waals surface area contributed by atoms with E-state index in [1.165, 1.54) is 0 Å². The molecule has 1 amide bonds. The van der Waals surface area contributed by atoms with E-state index < -0.39 is 5.54 Å². The predicted octanol–water partition coefficient (Wildman–Crippen LogP) is 3.33. The normalized spacial score (nSPS) is 17.4. The van der Waals surface area contributed by atoms with Crippen molar-refractivity contribution in [2.24, 2.45) is 0 Å². The van der Waals surface area contributed by atoms with Gasteiger partial charge in [0.15, 0.2) is 0 Å². The third kappa shape index (κ3) is 1.80. The number of benzene rings is 1. The second kappa shape index (κ2) is 3.93. The number of rotatable bonds is 1. The van der Waals surface area contributed by atoms with Crippen molar-refractivity contribution in [1.82, 2.24) is 0 Å². The number of fused-ring (bicyclic) bond motifs is 1. The number of hydrogen-bond donors (Lipinski definition) is 2. The number of hydrogen-bond acceptors (Lipinski definition) is 2. The van der Waals surface area contributed by atoms with Gasteiger partial charge in [-0.05, 0) is 26.0 Å². The Hall–Kier alpha value is -0.740. The first kappa shape index (κ1) is 11.7. The molecular formula is C11H12BrClN2O. The SMILES string of the molecule is CC1(C)Nc2ccc(Br)c(CCl)c2NC1=O. The summed E-state index contributed by atoms with van der Waals surface area (Å²) in [5, 5.41) is 6.09. The summed E-state index contributed by atoms with van der Waals surface area (Å²) >= 11 is 9.30. The van der Waals surface area contributed by atoms with Crippen molar-refractivity contribution in [3.05, 3.63) is 22.2 Å². The van der Waals surface area contributed by atoms with Gasteiger partial charge in [-0.2, -0.15) is 0 Å². The van der Waals surface area contributed by atoms with Crippen LogP contribution in [0.1, 0.15) is 19.4 Å². The molecule has 16 heavy (non-hydrogen) atoms. The van der Waals surface area contributed by atoms with Gasteiger partial charge in [-0.15, -0.1) is 11.6 Å². The zero-order chi connectivity index (χ0) is 11.9. The van der Waals surface area contributed by atoms with Crippen LogP contribution in [0.25, 0.3) is 0 Å². The average molecular weight is 304 g/mol. The van der Waals surface area contributed by atoms with Crippen molar-refractivity contribution in [2.45, 2.75) is 25.3 Å². The molecule has 0 spiro atoms. The second-order valence-electron chi connectivity index (χ2n) is 4.29. The molecule has 0 bridgehead atoms. The third-order valence-corrected chi connectivity index (χ3v) is 3.65. The van der Waals surface area contributed by atoms with Crippen molar-refractivity contribution in [3.8, 4) is 0 Å². The zero-order valence-electron chi connectivity index (χ0n) is 9.03. The van der Waals surface area contributed by atoms with Crippen LogP contribution in [0.3, 0.4) is 0 Å². The van der Waals surface area contributed by atoms with Gasteiger partial charge in [-0.25, -0.2) is 0 Å². The molecule has 5 heteroatoms. The molecule has 1 aliphatic rings. The second-order valence-corrected chi connectivity index (χ2v) is 5.41. The van der Waals surface area contributed by atoms with Crippen LogP contribution in [0.4, 0.5) is 11.4 Å². The number of nitrogens with one attached hydrogen (secondary N) is 2. The largest absolute Gasteiger partial charge is 0.370 e. The number of carbonyl (C=O) groups is 1. The van der Waals surface area contributed by atoms with Gasteiger partial charge in [0.1, 0.15) is 5.54 Å². The van der Waals surface area contributed by atoms with Crippen molar-refractivity contribution in [1.29, 1.82) is 0 Å². The molecule has 1 aromatic carbocycles. The van der Waals surface area contributed by atoms with E-state index in [-0.39, 0.29) is 5.91 Å². The lowest BCUT2D eigenvalue weighted by molar-refractivity contribution is -0.119. The van der Waals surface area contributed by atoms with E-state index in [0.717, 1.165) is 21.4 Å². The topological polar surface area (TPSA) is 41.1 Å². The molecule has 86 valence electrons. The van der Waals surface area contributed by atoms with Gasteiger partial charge in [0.25, 0.3) is 0 Å². The maximum absolute atomic E-state index is 11.8. The smallest absolute Gasteiger partial charge is 0.249 e. The Balaban J connectivity index is 2.55. The molecule has 0 aromatic heterocycles. The van der Waals surface area contributed by atoms with Crippen LogP contribution in [0.15, 0.2) is 16.6 Å². The van der Waals surface area contributed by atoms with Gasteiger partial charge in [-0.3, -0.25) is 4.79 Å². The highest BCUT2D eigenvalue weighted by molar-refractivity contribution is 9.10. The van der Waals surface area contributed by atoms with Crippen molar-refractivity contribution in [3.63, 3.8) is 0 Å². The van der Waals surface area contributed by atoms with E-state index in [9.17, 15) is 4.79 Å². The van der Waals surface area contributed by atoms with Gasteiger partial charge < -0.3 is 10.6 Å². The highest BCUT2D eigenvalue weighted by atomic mass is 79.9. The highest BCUT2D eigenvalue weighted by Crippen LogP contribution is 2.38. The fraction of sp³-hybridized carbons (Fsp3) is 0.364. The summed E-state index contributed by atoms with van der Waals surface area (Å²) < 4.78 is 0.906. The van der Waals surface area contributed by atoms with E-state index in [0.29, 0.717) is 5.88 Å². The van der Waals surface area contributed by atoms with Crippen molar-refractivity contribution >= 4 is 44.8 Å². The molecule has 1 heterocycles. The number of anilines is 2. The zero-order valence-corrected chi connectivity index (χ0v) is 11.4. The Labute approximate surface area is 108 Å². The first-order chi connectivity index (χ1) is 7.45. The van der Waals surface area contributed by atoms with Crippen LogP contribution in [0.5, 0.6) is 0 Å². The third-order valence-electron chi connectivity index (χ3n) is 2.64. The molecule has 2 N–H and O–H groups in total. The molecule has 0 fully saturated rings. The Morgan fingerprint density at radius 1 is 1.44 bits per heavy atom. The lowest BCUT2D eigenvalue weighted by Crippen LogP contribution is -2.47. The fourth-order valence-corrected chi connectivity index (χ4v) is 2.57. The van der Waals surface area contributed by atoms with Crippen LogP contribution >= 0.6 is 27.5 Å². The van der Waals surface area contributed by atoms with Gasteiger partial charge in [0.2, 0.25) is 5.91 Å². The summed E-state index contributed by atoms with van der Waals surface area (Å²) in [5.41, 5.74) is 1.98. The summed E-state index contributed by atoms with van der Waals surface area (Å²) in [5.74, 6) is 0.302. The minimum absolute atomic E-state index is 0.0514. The minimum atomic E-state index is -0.593. The van der Waals surface area contributed by atoms with Gasteiger partial charge in [-0.1, -0.05) is 15.9 Å². The number of amides is 1. The Bertz CT molecular complexity index is 460. The summed E-state index contributed by atoms with van der Waals surface area (Å²) in [4.78, 5) is 11.8. The molecular weight excluding hydrogens is 291 g/mol. The molecule has 0 saturated heterocycles. The lowest BCUT2D eigenvalue weighted by Gasteiger charge is -2.34. The molecule has 3 nitrogen and oxygen atoms in total.